The minimum atomic E-state index is 0.501. The van der Waals surface area contributed by atoms with Crippen LogP contribution in [-0.4, -0.2) is 20.2 Å². The molecule has 1 aromatic carbocycles. The topological polar surface area (TPSA) is 21.3 Å². The molecule has 0 amide bonds. The summed E-state index contributed by atoms with van der Waals surface area (Å²) in [4.78, 5) is 0. The molecule has 0 unspecified atom stereocenters. The first-order valence-electron chi connectivity index (χ1n) is 6.71. The van der Waals surface area contributed by atoms with Gasteiger partial charge in [-0.25, -0.2) is 0 Å². The van der Waals surface area contributed by atoms with Crippen LogP contribution in [0.1, 0.15) is 49.7 Å². The Labute approximate surface area is 115 Å². The summed E-state index contributed by atoms with van der Waals surface area (Å²) in [5.41, 5.74) is 2.79. The van der Waals surface area contributed by atoms with Gasteiger partial charge < -0.3 is 10.1 Å². The molecule has 100 valence electrons. The van der Waals surface area contributed by atoms with E-state index in [2.05, 4.69) is 31.3 Å². The highest BCUT2D eigenvalue weighted by atomic mass is 35.5. The molecule has 0 radical (unpaired) electrons. The van der Waals surface area contributed by atoms with Crippen LogP contribution in [0.25, 0.3) is 0 Å². The predicted molar refractivity (Wildman–Crippen MR) is 76.9 cm³/mol. The lowest BCUT2D eigenvalue weighted by atomic mass is 9.84. The lowest BCUT2D eigenvalue weighted by Gasteiger charge is -2.27. The van der Waals surface area contributed by atoms with Gasteiger partial charge in [0, 0.05) is 0 Å². The van der Waals surface area contributed by atoms with E-state index in [1.807, 2.05) is 0 Å². The van der Waals surface area contributed by atoms with Crippen LogP contribution < -0.4 is 10.1 Å². The van der Waals surface area contributed by atoms with Gasteiger partial charge in [0.1, 0.15) is 5.75 Å². The first kappa shape index (κ1) is 13.7. The molecular formula is C15H22ClNO. The molecule has 2 rings (SSSR count). The Morgan fingerprint density at radius 2 is 1.94 bits per heavy atom. The molecule has 0 aromatic heterocycles. The number of halogens is 1. The van der Waals surface area contributed by atoms with E-state index < -0.39 is 0 Å². The van der Waals surface area contributed by atoms with Crippen LogP contribution in [0.3, 0.4) is 0 Å². The molecule has 0 spiro atoms. The van der Waals surface area contributed by atoms with E-state index in [9.17, 15) is 0 Å². The van der Waals surface area contributed by atoms with Crippen molar-refractivity contribution in [1.29, 1.82) is 0 Å². The van der Waals surface area contributed by atoms with E-state index >= 15 is 0 Å². The van der Waals surface area contributed by atoms with Crippen LogP contribution in [0.5, 0.6) is 5.75 Å². The molecule has 1 aliphatic rings. The van der Waals surface area contributed by atoms with Gasteiger partial charge in [0.05, 0.1) is 12.1 Å². The summed E-state index contributed by atoms with van der Waals surface area (Å²) in [6.07, 6.45) is 2.39. The Morgan fingerprint density at radius 1 is 1.28 bits per heavy atom. The highest BCUT2D eigenvalue weighted by Crippen LogP contribution is 2.38. The molecular weight excluding hydrogens is 246 g/mol. The Bertz CT molecular complexity index is 411. The molecule has 1 N–H and O–H groups in total. The normalized spacial score (nSPS) is 17.2. The number of piperidine rings is 1. The number of hydrogen-bond donors (Lipinski definition) is 1. The largest absolute Gasteiger partial charge is 0.495 e. The minimum Gasteiger partial charge on any atom is -0.495 e. The van der Waals surface area contributed by atoms with Gasteiger partial charge >= 0.3 is 0 Å². The van der Waals surface area contributed by atoms with Gasteiger partial charge in [-0.2, -0.15) is 0 Å². The smallest absolute Gasteiger partial charge is 0.137 e. The van der Waals surface area contributed by atoms with Crippen molar-refractivity contribution in [2.45, 2.75) is 38.5 Å². The second kappa shape index (κ2) is 5.94. The Hall–Kier alpha value is -0.730. The Kier molecular flexibility index (Phi) is 4.52. The zero-order valence-corrected chi connectivity index (χ0v) is 12.2. The fraction of sp³-hybridized carbons (Fsp3) is 0.600. The lowest BCUT2D eigenvalue weighted by Crippen LogP contribution is -2.27. The molecule has 1 heterocycles. The van der Waals surface area contributed by atoms with Crippen LogP contribution >= 0.6 is 11.6 Å². The van der Waals surface area contributed by atoms with E-state index in [1.165, 1.54) is 24.0 Å². The number of rotatable bonds is 3. The maximum absolute atomic E-state index is 6.28. The van der Waals surface area contributed by atoms with Crippen molar-refractivity contribution in [3.05, 3.63) is 28.3 Å². The second-order valence-corrected chi connectivity index (χ2v) is 5.70. The molecule has 0 saturated carbocycles. The van der Waals surface area contributed by atoms with Crippen LogP contribution in [0, 0.1) is 0 Å². The third-order valence-corrected chi connectivity index (χ3v) is 4.05. The molecule has 18 heavy (non-hydrogen) atoms. The molecule has 1 aromatic rings. The molecule has 0 bridgehead atoms. The van der Waals surface area contributed by atoms with Gasteiger partial charge in [-0.1, -0.05) is 25.4 Å². The van der Waals surface area contributed by atoms with E-state index in [4.69, 9.17) is 16.3 Å². The highest BCUT2D eigenvalue weighted by molar-refractivity contribution is 6.32. The van der Waals surface area contributed by atoms with Crippen molar-refractivity contribution in [2.75, 3.05) is 20.2 Å². The predicted octanol–water partition coefficient (Wildman–Crippen LogP) is 3.94. The first-order chi connectivity index (χ1) is 8.63. The quantitative estimate of drug-likeness (QED) is 0.896. The van der Waals surface area contributed by atoms with Gasteiger partial charge in [0.25, 0.3) is 0 Å². The first-order valence-corrected chi connectivity index (χ1v) is 7.09. The average Bonchev–Trinajstić information content (AvgIpc) is 2.39. The third-order valence-electron chi connectivity index (χ3n) is 3.76. The van der Waals surface area contributed by atoms with Crippen LogP contribution in [0.4, 0.5) is 0 Å². The van der Waals surface area contributed by atoms with Crippen LogP contribution in [0.15, 0.2) is 12.1 Å². The molecule has 3 heteroatoms. The number of methoxy groups -OCH3 is 1. The third kappa shape index (κ3) is 2.81. The Morgan fingerprint density at radius 3 is 2.50 bits per heavy atom. The van der Waals surface area contributed by atoms with E-state index in [1.54, 1.807) is 7.11 Å². The average molecular weight is 268 g/mol. The number of benzene rings is 1. The van der Waals surface area contributed by atoms with Gasteiger partial charge in [-0.15, -0.1) is 0 Å². The molecule has 0 aliphatic carbocycles. The van der Waals surface area contributed by atoms with E-state index in [0.29, 0.717) is 11.8 Å². The maximum atomic E-state index is 6.28. The lowest BCUT2D eigenvalue weighted by molar-refractivity contribution is 0.412. The minimum absolute atomic E-state index is 0.501. The van der Waals surface area contributed by atoms with Crippen LogP contribution in [0.2, 0.25) is 5.02 Å². The van der Waals surface area contributed by atoms with Crippen molar-refractivity contribution in [3.8, 4) is 5.75 Å². The van der Waals surface area contributed by atoms with Gasteiger partial charge in [-0.3, -0.25) is 0 Å². The summed E-state index contributed by atoms with van der Waals surface area (Å²) in [7, 11) is 1.68. The summed E-state index contributed by atoms with van der Waals surface area (Å²) in [5, 5.41) is 4.14. The van der Waals surface area contributed by atoms with E-state index in [0.717, 1.165) is 23.9 Å². The molecule has 2 nitrogen and oxygen atoms in total. The van der Waals surface area contributed by atoms with Crippen molar-refractivity contribution >= 4 is 11.6 Å². The van der Waals surface area contributed by atoms with Gasteiger partial charge in [0.2, 0.25) is 0 Å². The van der Waals surface area contributed by atoms with Crippen molar-refractivity contribution in [3.63, 3.8) is 0 Å². The summed E-state index contributed by atoms with van der Waals surface area (Å²) < 4.78 is 5.33. The zero-order valence-electron chi connectivity index (χ0n) is 11.4. The van der Waals surface area contributed by atoms with E-state index in [-0.39, 0.29) is 0 Å². The summed E-state index contributed by atoms with van der Waals surface area (Å²) in [6, 6.07) is 4.23. The van der Waals surface area contributed by atoms with Crippen molar-refractivity contribution in [2.24, 2.45) is 0 Å². The summed E-state index contributed by atoms with van der Waals surface area (Å²) in [6.45, 7) is 6.66. The number of hydrogen-bond acceptors (Lipinski definition) is 2. The zero-order chi connectivity index (χ0) is 13.1. The van der Waals surface area contributed by atoms with Gasteiger partial charge in [0.15, 0.2) is 0 Å². The number of nitrogens with one attached hydrogen (secondary N) is 1. The second-order valence-electron chi connectivity index (χ2n) is 5.29. The summed E-state index contributed by atoms with van der Waals surface area (Å²) >= 11 is 6.28. The SMILES string of the molecule is COc1cc(C(C)C)c(C2CCNCC2)cc1Cl. The molecule has 0 atom stereocenters. The number of ether oxygens (including phenoxy) is 1. The molecule has 1 aliphatic heterocycles. The van der Waals surface area contributed by atoms with Crippen molar-refractivity contribution < 1.29 is 4.74 Å². The van der Waals surface area contributed by atoms with Crippen LogP contribution in [-0.2, 0) is 0 Å². The van der Waals surface area contributed by atoms with Crippen molar-refractivity contribution in [1.82, 2.24) is 5.32 Å². The maximum Gasteiger partial charge on any atom is 0.137 e. The molecule has 1 saturated heterocycles. The highest BCUT2D eigenvalue weighted by Gasteiger charge is 2.21. The fourth-order valence-corrected chi connectivity index (χ4v) is 2.98. The monoisotopic (exact) mass is 267 g/mol. The molecule has 1 fully saturated rings. The Balaban J connectivity index is 2.40. The summed E-state index contributed by atoms with van der Waals surface area (Å²) in [5.74, 6) is 1.92. The van der Waals surface area contributed by atoms with Gasteiger partial charge in [-0.05, 0) is 61.0 Å². The fourth-order valence-electron chi connectivity index (χ4n) is 2.73. The standard InChI is InChI=1S/C15H22ClNO/c1-10(2)12-9-15(18-3)14(16)8-13(12)11-4-6-17-7-5-11/h8-11,17H,4-7H2,1-3H3.